The maximum Gasteiger partial charge on any atom is 0.324 e. The minimum atomic E-state index is -0.637. The Morgan fingerprint density at radius 3 is 2.86 bits per heavy atom. The van der Waals surface area contributed by atoms with Crippen LogP contribution in [0.5, 0.6) is 0 Å². The average Bonchev–Trinajstić information content (AvgIpc) is 2.69. The van der Waals surface area contributed by atoms with E-state index in [0.717, 1.165) is 31.6 Å². The van der Waals surface area contributed by atoms with Crippen LogP contribution in [0.1, 0.15) is 25.7 Å². The van der Waals surface area contributed by atoms with E-state index in [1.165, 1.54) is 12.2 Å². The highest BCUT2D eigenvalue weighted by Crippen LogP contribution is 2.36. The van der Waals surface area contributed by atoms with Gasteiger partial charge in [0.2, 0.25) is 0 Å². The smallest absolute Gasteiger partial charge is 0.324 e. The number of aliphatic carboxylic acids is 1. The van der Waals surface area contributed by atoms with Gasteiger partial charge in [0.25, 0.3) is 0 Å². The largest absolute Gasteiger partial charge is 0.480 e. The van der Waals surface area contributed by atoms with E-state index in [1.54, 1.807) is 0 Å². The first-order chi connectivity index (χ1) is 6.76. The SMILES string of the molecule is O=C(O)C1(C2CCCSC2)CCCN1. The molecule has 2 saturated heterocycles. The molecule has 0 aromatic heterocycles. The standard InChI is InChI=1S/C10H17NO2S/c12-9(13)10(4-2-5-11-10)8-3-1-6-14-7-8/h8,11H,1-7H2,(H,12,13). The van der Waals surface area contributed by atoms with Crippen molar-refractivity contribution >= 4 is 17.7 Å². The predicted octanol–water partition coefficient (Wildman–Crippen LogP) is 1.34. The molecule has 2 heterocycles. The van der Waals surface area contributed by atoms with Gasteiger partial charge in [-0.25, -0.2) is 0 Å². The number of carboxylic acids is 1. The van der Waals surface area contributed by atoms with Crippen molar-refractivity contribution in [3.8, 4) is 0 Å². The molecule has 80 valence electrons. The highest BCUT2D eigenvalue weighted by atomic mass is 32.2. The number of hydrogen-bond acceptors (Lipinski definition) is 3. The van der Waals surface area contributed by atoms with Crippen LogP contribution in [0.3, 0.4) is 0 Å². The molecule has 0 bridgehead atoms. The Balaban J connectivity index is 2.12. The van der Waals surface area contributed by atoms with E-state index < -0.39 is 11.5 Å². The van der Waals surface area contributed by atoms with Crippen molar-refractivity contribution in [2.75, 3.05) is 18.1 Å². The molecule has 0 amide bonds. The van der Waals surface area contributed by atoms with Gasteiger partial charge in [-0.3, -0.25) is 4.79 Å². The molecule has 2 rings (SSSR count). The summed E-state index contributed by atoms with van der Waals surface area (Å²) >= 11 is 1.90. The van der Waals surface area contributed by atoms with E-state index in [2.05, 4.69) is 5.32 Å². The Morgan fingerprint density at radius 1 is 1.50 bits per heavy atom. The summed E-state index contributed by atoms with van der Waals surface area (Å²) in [5.74, 6) is 1.91. The quantitative estimate of drug-likeness (QED) is 0.730. The monoisotopic (exact) mass is 215 g/mol. The van der Waals surface area contributed by atoms with Crippen molar-refractivity contribution in [1.82, 2.24) is 5.32 Å². The third kappa shape index (κ3) is 1.65. The second-order valence-corrected chi connectivity index (χ2v) is 5.37. The van der Waals surface area contributed by atoms with Gasteiger partial charge >= 0.3 is 5.97 Å². The molecule has 2 aliphatic rings. The van der Waals surface area contributed by atoms with Gasteiger partial charge in [-0.2, -0.15) is 11.8 Å². The molecule has 2 aliphatic heterocycles. The molecule has 2 N–H and O–H groups in total. The van der Waals surface area contributed by atoms with E-state index >= 15 is 0 Å². The van der Waals surface area contributed by atoms with Crippen LogP contribution in [0.15, 0.2) is 0 Å². The highest BCUT2D eigenvalue weighted by molar-refractivity contribution is 7.99. The van der Waals surface area contributed by atoms with E-state index in [1.807, 2.05) is 11.8 Å². The second kappa shape index (κ2) is 4.11. The average molecular weight is 215 g/mol. The Labute approximate surface area is 88.6 Å². The van der Waals surface area contributed by atoms with Crippen LogP contribution in [0, 0.1) is 5.92 Å². The van der Waals surface area contributed by atoms with Gasteiger partial charge in [0.05, 0.1) is 0 Å². The van der Waals surface area contributed by atoms with E-state index in [4.69, 9.17) is 0 Å². The number of rotatable bonds is 2. The van der Waals surface area contributed by atoms with Crippen LogP contribution in [0.4, 0.5) is 0 Å². The summed E-state index contributed by atoms with van der Waals surface area (Å²) in [7, 11) is 0. The summed E-state index contributed by atoms with van der Waals surface area (Å²) in [4.78, 5) is 11.4. The van der Waals surface area contributed by atoms with Gasteiger partial charge in [-0.15, -0.1) is 0 Å². The van der Waals surface area contributed by atoms with E-state index in [-0.39, 0.29) is 0 Å². The fourth-order valence-electron chi connectivity index (χ4n) is 2.60. The van der Waals surface area contributed by atoms with Crippen molar-refractivity contribution in [1.29, 1.82) is 0 Å². The first kappa shape index (κ1) is 10.3. The summed E-state index contributed by atoms with van der Waals surface area (Å²) < 4.78 is 0. The number of carbonyl (C=O) groups is 1. The van der Waals surface area contributed by atoms with Crippen LogP contribution < -0.4 is 5.32 Å². The third-order valence-electron chi connectivity index (χ3n) is 3.43. The zero-order valence-electron chi connectivity index (χ0n) is 8.29. The van der Waals surface area contributed by atoms with E-state index in [0.29, 0.717) is 5.92 Å². The molecule has 3 nitrogen and oxygen atoms in total. The molecule has 2 unspecified atom stereocenters. The highest BCUT2D eigenvalue weighted by Gasteiger charge is 2.47. The van der Waals surface area contributed by atoms with Gasteiger partial charge in [0, 0.05) is 0 Å². The molecular weight excluding hydrogens is 198 g/mol. The van der Waals surface area contributed by atoms with Crippen molar-refractivity contribution in [3.63, 3.8) is 0 Å². The number of nitrogens with one attached hydrogen (secondary N) is 1. The Kier molecular flexibility index (Phi) is 3.02. The lowest BCUT2D eigenvalue weighted by atomic mass is 9.81. The summed E-state index contributed by atoms with van der Waals surface area (Å²) in [6.45, 7) is 0.869. The van der Waals surface area contributed by atoms with Crippen LogP contribution in [0.25, 0.3) is 0 Å². The Hall–Kier alpha value is -0.220. The van der Waals surface area contributed by atoms with Crippen molar-refractivity contribution in [2.24, 2.45) is 5.92 Å². The molecule has 2 fully saturated rings. The topological polar surface area (TPSA) is 49.3 Å². The molecular formula is C10H17NO2S. The zero-order chi connectivity index (χ0) is 10.0. The molecule has 0 spiro atoms. The zero-order valence-corrected chi connectivity index (χ0v) is 9.11. The predicted molar refractivity (Wildman–Crippen MR) is 57.7 cm³/mol. The molecule has 0 radical (unpaired) electrons. The number of thioether (sulfide) groups is 1. The first-order valence-electron chi connectivity index (χ1n) is 5.32. The molecule has 0 aromatic carbocycles. The van der Waals surface area contributed by atoms with Crippen LogP contribution in [0.2, 0.25) is 0 Å². The minimum absolute atomic E-state index is 0.334. The van der Waals surface area contributed by atoms with Gasteiger partial charge in [-0.1, -0.05) is 0 Å². The van der Waals surface area contributed by atoms with Gasteiger partial charge in [0.1, 0.15) is 5.54 Å². The molecule has 0 saturated carbocycles. The normalized spacial score (nSPS) is 38.4. The summed E-state index contributed by atoms with van der Waals surface area (Å²) in [6, 6.07) is 0. The fraction of sp³-hybridized carbons (Fsp3) is 0.900. The Morgan fingerprint density at radius 2 is 2.36 bits per heavy atom. The molecule has 0 aliphatic carbocycles. The van der Waals surface area contributed by atoms with Crippen LogP contribution in [-0.2, 0) is 4.79 Å². The maximum atomic E-state index is 11.4. The van der Waals surface area contributed by atoms with Crippen molar-refractivity contribution in [2.45, 2.75) is 31.2 Å². The number of carboxylic acid groups (broad SMARTS) is 1. The molecule has 4 heteroatoms. The van der Waals surface area contributed by atoms with Crippen molar-refractivity contribution < 1.29 is 9.90 Å². The molecule has 14 heavy (non-hydrogen) atoms. The van der Waals surface area contributed by atoms with Crippen LogP contribution >= 0.6 is 11.8 Å². The lowest BCUT2D eigenvalue weighted by Crippen LogP contribution is -2.55. The lowest BCUT2D eigenvalue weighted by molar-refractivity contribution is -0.146. The summed E-state index contributed by atoms with van der Waals surface area (Å²) in [5.41, 5.74) is -0.590. The summed E-state index contributed by atoms with van der Waals surface area (Å²) in [5, 5.41) is 12.6. The summed E-state index contributed by atoms with van der Waals surface area (Å²) in [6.07, 6.45) is 4.07. The molecule has 0 aromatic rings. The van der Waals surface area contributed by atoms with Crippen molar-refractivity contribution in [3.05, 3.63) is 0 Å². The number of hydrogen-bond donors (Lipinski definition) is 2. The van der Waals surface area contributed by atoms with Gasteiger partial charge in [0.15, 0.2) is 0 Å². The Bertz CT molecular complexity index is 220. The second-order valence-electron chi connectivity index (χ2n) is 4.22. The third-order valence-corrected chi connectivity index (χ3v) is 4.64. The molecule has 2 atom stereocenters. The fourth-order valence-corrected chi connectivity index (χ4v) is 3.88. The van der Waals surface area contributed by atoms with Gasteiger partial charge < -0.3 is 10.4 Å². The minimum Gasteiger partial charge on any atom is -0.480 e. The van der Waals surface area contributed by atoms with Crippen LogP contribution in [-0.4, -0.2) is 34.7 Å². The van der Waals surface area contributed by atoms with Gasteiger partial charge in [-0.05, 0) is 49.7 Å². The van der Waals surface area contributed by atoms with E-state index in [9.17, 15) is 9.90 Å². The first-order valence-corrected chi connectivity index (χ1v) is 6.47. The maximum absolute atomic E-state index is 11.4. The lowest BCUT2D eigenvalue weighted by Gasteiger charge is -2.36.